The summed E-state index contributed by atoms with van der Waals surface area (Å²) in [6, 6.07) is 4.17. The minimum Gasteiger partial charge on any atom is -0.480 e. The Morgan fingerprint density at radius 2 is 2.28 bits per heavy atom. The van der Waals surface area contributed by atoms with Gasteiger partial charge in [0.1, 0.15) is 18.7 Å². The fraction of sp³-hybridized carbons (Fsp3) is 0.412. The van der Waals surface area contributed by atoms with Gasteiger partial charge in [0.15, 0.2) is 0 Å². The highest BCUT2D eigenvalue weighted by Crippen LogP contribution is 2.19. The maximum atomic E-state index is 12.5. The Labute approximate surface area is 144 Å². The summed E-state index contributed by atoms with van der Waals surface area (Å²) in [5.41, 5.74) is 2.06. The lowest BCUT2D eigenvalue weighted by Gasteiger charge is -2.28. The third kappa shape index (κ3) is 3.85. The van der Waals surface area contributed by atoms with Crippen molar-refractivity contribution < 1.29 is 19.4 Å². The molecule has 8 nitrogen and oxygen atoms in total. The summed E-state index contributed by atoms with van der Waals surface area (Å²) in [5.74, 6) is -1.67. The van der Waals surface area contributed by atoms with Gasteiger partial charge in [-0.15, -0.1) is 0 Å². The molecule has 1 aliphatic heterocycles. The van der Waals surface area contributed by atoms with E-state index in [-0.39, 0.29) is 5.92 Å². The number of carboxylic acids is 1. The van der Waals surface area contributed by atoms with E-state index in [1.165, 1.54) is 6.33 Å². The molecule has 1 aliphatic rings. The third-order valence-corrected chi connectivity index (χ3v) is 4.34. The number of aliphatic carboxylic acids is 1. The van der Waals surface area contributed by atoms with Crippen LogP contribution >= 0.6 is 0 Å². The van der Waals surface area contributed by atoms with Crippen molar-refractivity contribution in [2.45, 2.75) is 25.8 Å². The van der Waals surface area contributed by atoms with E-state index in [0.29, 0.717) is 18.8 Å². The highest BCUT2D eigenvalue weighted by Gasteiger charge is 2.31. The van der Waals surface area contributed by atoms with Crippen LogP contribution < -0.4 is 5.32 Å². The van der Waals surface area contributed by atoms with E-state index < -0.39 is 17.9 Å². The average molecular weight is 344 g/mol. The molecule has 2 heterocycles. The molecule has 1 aromatic carbocycles. The topological polar surface area (TPSA) is 106 Å². The van der Waals surface area contributed by atoms with Crippen molar-refractivity contribution in [2.24, 2.45) is 5.92 Å². The standard InChI is InChI=1S/C17H20N4O4/c1-11-7-12(4-5-14(11)21-10-18-9-19-21)16(22)20-15(17(23)24)13-3-2-6-25-8-13/h4-5,7,9-10,13,15H,2-3,6,8H2,1H3,(H,20,22)(H,23,24)/t13-,15-/m1/s1. The lowest BCUT2D eigenvalue weighted by atomic mass is 9.93. The maximum Gasteiger partial charge on any atom is 0.326 e. The SMILES string of the molecule is Cc1cc(C(=O)N[C@@H](C(=O)O)[C@@H]2CCCOC2)ccc1-n1cncn1. The third-order valence-electron chi connectivity index (χ3n) is 4.34. The number of benzene rings is 1. The summed E-state index contributed by atoms with van der Waals surface area (Å²) in [7, 11) is 0. The molecule has 1 aromatic heterocycles. The van der Waals surface area contributed by atoms with Gasteiger partial charge in [-0.1, -0.05) is 0 Å². The van der Waals surface area contributed by atoms with Crippen LogP contribution in [-0.2, 0) is 9.53 Å². The Morgan fingerprint density at radius 1 is 1.44 bits per heavy atom. The highest BCUT2D eigenvalue weighted by molar-refractivity contribution is 5.97. The Morgan fingerprint density at radius 3 is 2.88 bits per heavy atom. The Bertz CT molecular complexity index is 754. The average Bonchev–Trinajstić information content (AvgIpc) is 3.14. The van der Waals surface area contributed by atoms with Gasteiger partial charge in [0.25, 0.3) is 5.91 Å². The molecule has 1 saturated heterocycles. The largest absolute Gasteiger partial charge is 0.480 e. The Kier molecular flexibility index (Phi) is 5.08. The van der Waals surface area contributed by atoms with E-state index in [0.717, 1.165) is 24.1 Å². The summed E-state index contributed by atoms with van der Waals surface area (Å²) in [6.45, 7) is 2.85. The van der Waals surface area contributed by atoms with Gasteiger partial charge < -0.3 is 15.2 Å². The number of amides is 1. The zero-order valence-electron chi connectivity index (χ0n) is 13.9. The van der Waals surface area contributed by atoms with Gasteiger partial charge in [0, 0.05) is 18.1 Å². The predicted molar refractivity (Wildman–Crippen MR) is 88.5 cm³/mol. The fourth-order valence-electron chi connectivity index (χ4n) is 3.02. The van der Waals surface area contributed by atoms with Crippen LogP contribution in [-0.4, -0.2) is 51.0 Å². The quantitative estimate of drug-likeness (QED) is 0.844. The van der Waals surface area contributed by atoms with Crippen LogP contribution in [0.1, 0.15) is 28.8 Å². The molecule has 0 unspecified atom stereocenters. The van der Waals surface area contributed by atoms with Gasteiger partial charge in [0.05, 0.1) is 12.3 Å². The number of carboxylic acid groups (broad SMARTS) is 1. The molecule has 1 fully saturated rings. The van der Waals surface area contributed by atoms with Crippen molar-refractivity contribution in [1.82, 2.24) is 20.1 Å². The Balaban J connectivity index is 1.75. The summed E-state index contributed by atoms with van der Waals surface area (Å²) in [6.07, 6.45) is 4.53. The molecule has 2 N–H and O–H groups in total. The number of ether oxygens (including phenoxy) is 1. The molecule has 2 aromatic rings. The van der Waals surface area contributed by atoms with Crippen molar-refractivity contribution in [3.63, 3.8) is 0 Å². The van der Waals surface area contributed by atoms with Crippen LogP contribution in [0.25, 0.3) is 5.69 Å². The molecule has 0 bridgehead atoms. The van der Waals surface area contributed by atoms with E-state index in [1.807, 2.05) is 6.92 Å². The molecule has 0 aliphatic carbocycles. The summed E-state index contributed by atoms with van der Waals surface area (Å²) in [4.78, 5) is 28.0. The van der Waals surface area contributed by atoms with Crippen molar-refractivity contribution >= 4 is 11.9 Å². The summed E-state index contributed by atoms with van der Waals surface area (Å²) < 4.78 is 6.95. The molecular weight excluding hydrogens is 324 g/mol. The molecule has 1 amide bonds. The fourth-order valence-corrected chi connectivity index (χ4v) is 3.02. The second-order valence-electron chi connectivity index (χ2n) is 6.11. The van der Waals surface area contributed by atoms with Crippen LogP contribution in [0.2, 0.25) is 0 Å². The monoisotopic (exact) mass is 344 g/mol. The second kappa shape index (κ2) is 7.43. The van der Waals surface area contributed by atoms with Crippen molar-refractivity contribution in [3.8, 4) is 5.69 Å². The van der Waals surface area contributed by atoms with Crippen LogP contribution in [0.4, 0.5) is 0 Å². The van der Waals surface area contributed by atoms with Crippen LogP contribution in [0.15, 0.2) is 30.9 Å². The molecule has 0 spiro atoms. The zero-order chi connectivity index (χ0) is 17.8. The van der Waals surface area contributed by atoms with Crippen molar-refractivity contribution in [1.29, 1.82) is 0 Å². The minimum atomic E-state index is -1.04. The summed E-state index contributed by atoms with van der Waals surface area (Å²) in [5, 5.41) is 16.2. The Hall–Kier alpha value is -2.74. The number of aryl methyl sites for hydroxylation is 1. The van der Waals surface area contributed by atoms with Crippen molar-refractivity contribution in [3.05, 3.63) is 42.0 Å². The smallest absolute Gasteiger partial charge is 0.326 e. The molecular formula is C17H20N4O4. The van der Waals surface area contributed by atoms with Gasteiger partial charge in [0.2, 0.25) is 0 Å². The van der Waals surface area contributed by atoms with E-state index in [2.05, 4.69) is 15.4 Å². The van der Waals surface area contributed by atoms with Gasteiger partial charge in [-0.05, 0) is 43.5 Å². The number of nitrogens with one attached hydrogen (secondary N) is 1. The number of hydrogen-bond donors (Lipinski definition) is 2. The zero-order valence-corrected chi connectivity index (χ0v) is 13.9. The number of carbonyl (C=O) groups is 2. The van der Waals surface area contributed by atoms with Gasteiger partial charge in [-0.25, -0.2) is 14.5 Å². The summed E-state index contributed by atoms with van der Waals surface area (Å²) >= 11 is 0. The van der Waals surface area contributed by atoms with Crippen LogP contribution in [0, 0.1) is 12.8 Å². The van der Waals surface area contributed by atoms with Crippen molar-refractivity contribution in [2.75, 3.05) is 13.2 Å². The van der Waals surface area contributed by atoms with Gasteiger partial charge >= 0.3 is 5.97 Å². The first kappa shape index (κ1) is 17.1. The van der Waals surface area contributed by atoms with Gasteiger partial charge in [-0.3, -0.25) is 4.79 Å². The number of rotatable bonds is 5. The molecule has 0 saturated carbocycles. The van der Waals surface area contributed by atoms with E-state index in [1.54, 1.807) is 29.2 Å². The normalized spacial score (nSPS) is 18.5. The number of nitrogens with zero attached hydrogens (tertiary/aromatic N) is 3. The first-order chi connectivity index (χ1) is 12.1. The molecule has 8 heteroatoms. The number of hydrogen-bond acceptors (Lipinski definition) is 5. The maximum absolute atomic E-state index is 12.5. The number of aromatic nitrogens is 3. The molecule has 2 atom stereocenters. The highest BCUT2D eigenvalue weighted by atomic mass is 16.5. The van der Waals surface area contributed by atoms with E-state index in [4.69, 9.17) is 4.74 Å². The predicted octanol–water partition coefficient (Wildman–Crippen LogP) is 1.19. The second-order valence-corrected chi connectivity index (χ2v) is 6.11. The molecule has 25 heavy (non-hydrogen) atoms. The lowest BCUT2D eigenvalue weighted by Crippen LogP contribution is -2.48. The minimum absolute atomic E-state index is 0.217. The van der Waals surface area contributed by atoms with E-state index >= 15 is 0 Å². The first-order valence-corrected chi connectivity index (χ1v) is 8.13. The molecule has 0 radical (unpaired) electrons. The molecule has 132 valence electrons. The molecule has 3 rings (SSSR count). The first-order valence-electron chi connectivity index (χ1n) is 8.13. The van der Waals surface area contributed by atoms with Crippen LogP contribution in [0.3, 0.4) is 0 Å². The van der Waals surface area contributed by atoms with Crippen LogP contribution in [0.5, 0.6) is 0 Å². The lowest BCUT2D eigenvalue weighted by molar-refractivity contribution is -0.142. The number of carbonyl (C=O) groups excluding carboxylic acids is 1. The van der Waals surface area contributed by atoms with E-state index in [9.17, 15) is 14.7 Å². The van der Waals surface area contributed by atoms with Gasteiger partial charge in [-0.2, -0.15) is 5.10 Å².